The van der Waals surface area contributed by atoms with Gasteiger partial charge in [-0.1, -0.05) is 304 Å². The lowest BCUT2D eigenvalue weighted by Crippen LogP contribution is -2.30. The van der Waals surface area contributed by atoms with Gasteiger partial charge in [0.15, 0.2) is 6.10 Å². The Hall–Kier alpha value is -3.93. The van der Waals surface area contributed by atoms with E-state index in [1.807, 2.05) is 0 Å². The monoisotopic (exact) mass is 1110 g/mol. The maximum absolute atomic E-state index is 12.9. The fraction of sp³-hybridized carbons (Fsp3) is 0.716. The highest BCUT2D eigenvalue weighted by molar-refractivity contribution is 5.71. The summed E-state index contributed by atoms with van der Waals surface area (Å²) in [6.07, 6.45) is 92.8. The minimum absolute atomic E-state index is 0.0787. The number of rotatable bonds is 61. The molecule has 0 fully saturated rings. The van der Waals surface area contributed by atoms with Crippen molar-refractivity contribution < 1.29 is 28.6 Å². The quantitative estimate of drug-likeness (QED) is 0.0261. The summed E-state index contributed by atoms with van der Waals surface area (Å²) >= 11 is 0. The Morgan fingerprint density at radius 1 is 0.263 bits per heavy atom. The van der Waals surface area contributed by atoms with E-state index in [-0.39, 0.29) is 31.1 Å². The first kappa shape index (κ1) is 76.1. The van der Waals surface area contributed by atoms with Crippen molar-refractivity contribution in [3.63, 3.8) is 0 Å². The van der Waals surface area contributed by atoms with E-state index in [4.69, 9.17) is 14.2 Å². The molecule has 0 aliphatic rings. The molecule has 0 aromatic heterocycles. The molecule has 0 rings (SSSR count). The molecule has 0 amide bonds. The van der Waals surface area contributed by atoms with Gasteiger partial charge in [0, 0.05) is 19.3 Å². The molecule has 0 aliphatic heterocycles. The van der Waals surface area contributed by atoms with Crippen molar-refractivity contribution in [1.82, 2.24) is 0 Å². The topological polar surface area (TPSA) is 78.9 Å². The molecule has 0 bridgehead atoms. The number of unbranched alkanes of at least 4 members (excludes halogenated alkanes) is 32. The van der Waals surface area contributed by atoms with E-state index in [1.165, 1.54) is 167 Å². The Morgan fingerprint density at radius 3 is 0.762 bits per heavy atom. The SMILES string of the molecule is CC/C=C\C/C=C\C/C=C\C/C=C\C/C=C\C/C=C\C/C=C\CCCCCCCCCCCC(=O)OCC(COC(=O)CCCCCCCC)OC(=O)CCCCCCCCCCCCCCC/C=C\C/C=C\CCCCCCC. The number of ether oxygens (including phenoxy) is 3. The third-order valence-electron chi connectivity index (χ3n) is 14.5. The summed E-state index contributed by atoms with van der Waals surface area (Å²) in [5, 5.41) is 0. The first-order valence-electron chi connectivity index (χ1n) is 33.9. The van der Waals surface area contributed by atoms with Crippen LogP contribution in [0.4, 0.5) is 0 Å². The molecule has 0 N–H and O–H groups in total. The van der Waals surface area contributed by atoms with Crippen LogP contribution in [0.2, 0.25) is 0 Å². The van der Waals surface area contributed by atoms with Gasteiger partial charge in [0.1, 0.15) is 13.2 Å². The zero-order chi connectivity index (χ0) is 57.8. The van der Waals surface area contributed by atoms with Crippen LogP contribution in [0.3, 0.4) is 0 Å². The molecule has 1 atom stereocenters. The average Bonchev–Trinajstić information content (AvgIpc) is 3.46. The zero-order valence-corrected chi connectivity index (χ0v) is 52.6. The van der Waals surface area contributed by atoms with Crippen molar-refractivity contribution in [1.29, 1.82) is 0 Å². The van der Waals surface area contributed by atoms with Crippen LogP contribution in [0.25, 0.3) is 0 Å². The van der Waals surface area contributed by atoms with E-state index in [9.17, 15) is 14.4 Å². The minimum atomic E-state index is -0.779. The largest absolute Gasteiger partial charge is 0.462 e. The summed E-state index contributed by atoms with van der Waals surface area (Å²) in [5.41, 5.74) is 0. The van der Waals surface area contributed by atoms with Crippen molar-refractivity contribution >= 4 is 17.9 Å². The van der Waals surface area contributed by atoms with Gasteiger partial charge in [0.25, 0.3) is 0 Å². The second-order valence-corrected chi connectivity index (χ2v) is 22.4. The molecule has 0 saturated carbocycles. The summed E-state index contributed by atoms with van der Waals surface area (Å²) in [4.78, 5) is 38.1. The van der Waals surface area contributed by atoms with Gasteiger partial charge in [0.2, 0.25) is 0 Å². The highest BCUT2D eigenvalue weighted by Gasteiger charge is 2.19. The summed E-state index contributed by atoms with van der Waals surface area (Å²) in [7, 11) is 0. The van der Waals surface area contributed by atoms with Crippen LogP contribution in [0.15, 0.2) is 109 Å². The smallest absolute Gasteiger partial charge is 0.306 e. The molecular weight excluding hydrogens is 985 g/mol. The standard InChI is InChI=1S/C74H126O6/c1-4-7-10-13-16-18-20-22-24-26-28-30-32-34-35-36-37-38-39-41-42-44-46-48-50-52-54-56-58-61-64-67-73(76)79-70-71(69-78-72(75)66-63-60-15-12-9-6-3)80-74(77)68-65-62-59-57-55-53-51-49-47-45-43-40-33-31-29-27-25-23-21-19-17-14-11-8-5-2/h7,10,16,18,21-24,27-30,34-35,37-38,41-42,71H,4-6,8-9,11-15,17,19-20,25-26,31-33,36,39-40,43-70H2,1-3H3/b10-7-,18-16-,23-21-,24-22-,29-27-,30-28-,35-34-,38-37-,42-41-. The lowest BCUT2D eigenvalue weighted by Gasteiger charge is -2.18. The molecular formula is C74H126O6. The van der Waals surface area contributed by atoms with Gasteiger partial charge >= 0.3 is 17.9 Å². The highest BCUT2D eigenvalue weighted by atomic mass is 16.6. The van der Waals surface area contributed by atoms with Crippen molar-refractivity contribution in [3.05, 3.63) is 109 Å². The minimum Gasteiger partial charge on any atom is -0.462 e. The molecule has 0 spiro atoms. The second kappa shape index (κ2) is 67.6. The number of carbonyl (C=O) groups is 3. The van der Waals surface area contributed by atoms with Crippen molar-refractivity contribution in [3.8, 4) is 0 Å². The third kappa shape index (κ3) is 64.9. The van der Waals surface area contributed by atoms with Crippen molar-refractivity contribution in [2.75, 3.05) is 13.2 Å². The van der Waals surface area contributed by atoms with E-state index in [2.05, 4.69) is 130 Å². The highest BCUT2D eigenvalue weighted by Crippen LogP contribution is 2.16. The van der Waals surface area contributed by atoms with Crippen LogP contribution >= 0.6 is 0 Å². The Labute approximate surface area is 495 Å². The predicted octanol–water partition coefficient (Wildman–Crippen LogP) is 23.4. The van der Waals surface area contributed by atoms with Crippen LogP contribution in [0.1, 0.15) is 323 Å². The number of allylic oxidation sites excluding steroid dienone is 18. The molecule has 0 aromatic carbocycles. The molecule has 0 aromatic rings. The lowest BCUT2D eigenvalue weighted by atomic mass is 10.0. The molecule has 0 saturated heterocycles. The van der Waals surface area contributed by atoms with Gasteiger partial charge in [0.05, 0.1) is 0 Å². The molecule has 80 heavy (non-hydrogen) atoms. The molecule has 0 heterocycles. The Kier molecular flexibility index (Phi) is 64.3. The maximum atomic E-state index is 12.9. The van der Waals surface area contributed by atoms with Crippen LogP contribution in [0, 0.1) is 0 Å². The molecule has 458 valence electrons. The number of hydrogen-bond donors (Lipinski definition) is 0. The summed E-state index contributed by atoms with van der Waals surface area (Å²) < 4.78 is 16.8. The fourth-order valence-electron chi connectivity index (χ4n) is 9.45. The average molecular weight is 1110 g/mol. The first-order chi connectivity index (χ1) is 39.5. The van der Waals surface area contributed by atoms with Crippen molar-refractivity contribution in [2.24, 2.45) is 0 Å². The molecule has 0 radical (unpaired) electrons. The Morgan fingerprint density at radius 2 is 0.487 bits per heavy atom. The van der Waals surface area contributed by atoms with E-state index < -0.39 is 6.10 Å². The zero-order valence-electron chi connectivity index (χ0n) is 52.6. The van der Waals surface area contributed by atoms with Gasteiger partial charge in [-0.15, -0.1) is 0 Å². The number of carbonyl (C=O) groups excluding carboxylic acids is 3. The number of esters is 3. The van der Waals surface area contributed by atoms with E-state index >= 15 is 0 Å². The maximum Gasteiger partial charge on any atom is 0.306 e. The van der Waals surface area contributed by atoms with Crippen LogP contribution in [-0.4, -0.2) is 37.2 Å². The Balaban J connectivity index is 4.09. The molecule has 6 heteroatoms. The number of hydrogen-bond acceptors (Lipinski definition) is 6. The lowest BCUT2D eigenvalue weighted by molar-refractivity contribution is -0.167. The summed E-state index contributed by atoms with van der Waals surface area (Å²) in [6.45, 7) is 6.48. The summed E-state index contributed by atoms with van der Waals surface area (Å²) in [6, 6.07) is 0. The van der Waals surface area contributed by atoms with Gasteiger partial charge < -0.3 is 14.2 Å². The first-order valence-corrected chi connectivity index (χ1v) is 33.9. The molecule has 6 nitrogen and oxygen atoms in total. The van der Waals surface area contributed by atoms with Gasteiger partial charge in [-0.05, 0) is 109 Å². The van der Waals surface area contributed by atoms with Crippen molar-refractivity contribution in [2.45, 2.75) is 329 Å². The second-order valence-electron chi connectivity index (χ2n) is 22.4. The predicted molar refractivity (Wildman–Crippen MR) is 348 cm³/mol. The van der Waals surface area contributed by atoms with Gasteiger partial charge in [-0.2, -0.15) is 0 Å². The van der Waals surface area contributed by atoms with E-state index in [0.29, 0.717) is 19.3 Å². The van der Waals surface area contributed by atoms with E-state index in [0.717, 1.165) is 116 Å². The van der Waals surface area contributed by atoms with Crippen LogP contribution in [0.5, 0.6) is 0 Å². The summed E-state index contributed by atoms with van der Waals surface area (Å²) in [5.74, 6) is -0.886. The van der Waals surface area contributed by atoms with Crippen LogP contribution < -0.4 is 0 Å². The van der Waals surface area contributed by atoms with Gasteiger partial charge in [-0.25, -0.2) is 0 Å². The van der Waals surface area contributed by atoms with Crippen LogP contribution in [-0.2, 0) is 28.6 Å². The Bertz CT molecular complexity index is 1610. The van der Waals surface area contributed by atoms with E-state index in [1.54, 1.807) is 0 Å². The fourth-order valence-corrected chi connectivity index (χ4v) is 9.45. The molecule has 0 aliphatic carbocycles. The normalized spacial score (nSPS) is 12.8. The third-order valence-corrected chi connectivity index (χ3v) is 14.5. The van der Waals surface area contributed by atoms with Gasteiger partial charge in [-0.3, -0.25) is 14.4 Å². The molecule has 1 unspecified atom stereocenters.